The van der Waals surface area contributed by atoms with E-state index < -0.39 is 0 Å². The molecule has 1 aliphatic rings. The van der Waals surface area contributed by atoms with Crippen molar-refractivity contribution >= 4 is 0 Å². The van der Waals surface area contributed by atoms with Crippen LogP contribution in [0.1, 0.15) is 38.3 Å². The maximum atomic E-state index is 5.76. The molecule has 2 atom stereocenters. The Hall–Kier alpha value is -1.06. The molecule has 3 heteroatoms. The molecule has 1 fully saturated rings. The fourth-order valence-corrected chi connectivity index (χ4v) is 3.00. The maximum absolute atomic E-state index is 5.76. The number of piperidine rings is 1. The van der Waals surface area contributed by atoms with Gasteiger partial charge in [-0.1, -0.05) is 18.2 Å². The van der Waals surface area contributed by atoms with Crippen LogP contribution in [0.25, 0.3) is 0 Å². The highest BCUT2D eigenvalue weighted by atomic mass is 16.5. The fraction of sp³-hybridized carbons (Fsp3) is 0.647. The molecule has 0 bridgehead atoms. The van der Waals surface area contributed by atoms with Gasteiger partial charge in [0.05, 0.1) is 6.61 Å². The molecule has 0 aliphatic carbocycles. The van der Waals surface area contributed by atoms with Crippen LogP contribution in [0.15, 0.2) is 24.3 Å². The van der Waals surface area contributed by atoms with Crippen LogP contribution in [-0.2, 0) is 0 Å². The van der Waals surface area contributed by atoms with Crippen molar-refractivity contribution in [3.8, 4) is 5.75 Å². The van der Waals surface area contributed by atoms with E-state index >= 15 is 0 Å². The smallest absolute Gasteiger partial charge is 0.124 e. The Morgan fingerprint density at radius 1 is 1.40 bits per heavy atom. The third kappa shape index (κ3) is 3.97. The van der Waals surface area contributed by atoms with Gasteiger partial charge in [-0.15, -0.1) is 0 Å². The summed E-state index contributed by atoms with van der Waals surface area (Å²) in [6.45, 7) is 8.52. The molecule has 3 nitrogen and oxygen atoms in total. The molecule has 1 saturated heterocycles. The molecule has 2 rings (SSSR count). The SMILES string of the molecule is CCOc1ccccc1C(C)N(C)CC1CCCNC1. The molecule has 1 aliphatic heterocycles. The average molecular weight is 276 g/mol. The van der Waals surface area contributed by atoms with Crippen molar-refractivity contribution in [1.29, 1.82) is 0 Å². The summed E-state index contributed by atoms with van der Waals surface area (Å²) >= 11 is 0. The zero-order chi connectivity index (χ0) is 14.4. The highest BCUT2D eigenvalue weighted by Gasteiger charge is 2.20. The van der Waals surface area contributed by atoms with Gasteiger partial charge in [-0.2, -0.15) is 0 Å². The second-order valence-corrected chi connectivity index (χ2v) is 5.80. The van der Waals surface area contributed by atoms with E-state index in [1.54, 1.807) is 0 Å². The summed E-state index contributed by atoms with van der Waals surface area (Å²) in [5, 5.41) is 3.50. The summed E-state index contributed by atoms with van der Waals surface area (Å²) < 4.78 is 5.76. The number of hydrogen-bond donors (Lipinski definition) is 1. The van der Waals surface area contributed by atoms with Crippen LogP contribution in [0.4, 0.5) is 0 Å². The standard InChI is InChI=1S/C17H28N2O/c1-4-20-17-10-6-5-9-16(17)14(2)19(3)13-15-8-7-11-18-12-15/h5-6,9-10,14-15,18H,4,7-8,11-13H2,1-3H3. The lowest BCUT2D eigenvalue weighted by Gasteiger charge is -2.32. The van der Waals surface area contributed by atoms with Gasteiger partial charge in [-0.3, -0.25) is 4.90 Å². The minimum atomic E-state index is 0.389. The Morgan fingerprint density at radius 2 is 2.20 bits per heavy atom. The summed E-state index contributed by atoms with van der Waals surface area (Å²) in [5.41, 5.74) is 1.29. The minimum Gasteiger partial charge on any atom is -0.494 e. The third-order valence-electron chi connectivity index (χ3n) is 4.28. The molecule has 1 N–H and O–H groups in total. The summed E-state index contributed by atoms with van der Waals surface area (Å²) in [6.07, 6.45) is 2.65. The number of ether oxygens (including phenoxy) is 1. The monoisotopic (exact) mass is 276 g/mol. The molecule has 0 amide bonds. The van der Waals surface area contributed by atoms with Crippen LogP contribution in [0.5, 0.6) is 5.75 Å². The lowest BCUT2D eigenvalue weighted by molar-refractivity contribution is 0.195. The first-order valence-corrected chi connectivity index (χ1v) is 7.85. The van der Waals surface area contributed by atoms with Gasteiger partial charge < -0.3 is 10.1 Å². The van der Waals surface area contributed by atoms with Crippen LogP contribution < -0.4 is 10.1 Å². The molecule has 1 heterocycles. The molecule has 0 radical (unpaired) electrons. The van der Waals surface area contributed by atoms with E-state index in [1.807, 2.05) is 13.0 Å². The topological polar surface area (TPSA) is 24.5 Å². The van der Waals surface area contributed by atoms with Crippen molar-refractivity contribution in [2.45, 2.75) is 32.7 Å². The molecule has 1 aromatic carbocycles. The van der Waals surface area contributed by atoms with E-state index in [9.17, 15) is 0 Å². The van der Waals surface area contributed by atoms with Crippen molar-refractivity contribution in [3.05, 3.63) is 29.8 Å². The van der Waals surface area contributed by atoms with E-state index in [4.69, 9.17) is 4.74 Å². The number of nitrogens with one attached hydrogen (secondary N) is 1. The normalized spacial score (nSPS) is 20.9. The molecule has 0 spiro atoms. The van der Waals surface area contributed by atoms with E-state index in [-0.39, 0.29) is 0 Å². The lowest BCUT2D eigenvalue weighted by Crippen LogP contribution is -2.37. The van der Waals surface area contributed by atoms with Gasteiger partial charge in [0, 0.05) is 18.2 Å². The molecule has 0 aromatic heterocycles. The first kappa shape index (κ1) is 15.3. The molecule has 0 saturated carbocycles. The van der Waals surface area contributed by atoms with Crippen LogP contribution in [-0.4, -0.2) is 38.2 Å². The summed E-state index contributed by atoms with van der Waals surface area (Å²) in [6, 6.07) is 8.80. The predicted molar refractivity (Wildman–Crippen MR) is 84.2 cm³/mol. The van der Waals surface area contributed by atoms with Gasteiger partial charge in [0.25, 0.3) is 0 Å². The lowest BCUT2D eigenvalue weighted by atomic mass is 9.97. The Kier molecular flexibility index (Phi) is 5.86. The minimum absolute atomic E-state index is 0.389. The van der Waals surface area contributed by atoms with Crippen LogP contribution in [0.2, 0.25) is 0 Å². The van der Waals surface area contributed by atoms with Gasteiger partial charge in [-0.25, -0.2) is 0 Å². The number of hydrogen-bond acceptors (Lipinski definition) is 3. The zero-order valence-corrected chi connectivity index (χ0v) is 13.1. The van der Waals surface area contributed by atoms with Gasteiger partial charge in [0.15, 0.2) is 0 Å². The Bertz CT molecular complexity index is 402. The van der Waals surface area contributed by atoms with Gasteiger partial charge in [0.2, 0.25) is 0 Å². The first-order chi connectivity index (χ1) is 9.72. The first-order valence-electron chi connectivity index (χ1n) is 7.85. The highest BCUT2D eigenvalue weighted by molar-refractivity contribution is 5.35. The second-order valence-electron chi connectivity index (χ2n) is 5.80. The van der Waals surface area contributed by atoms with Gasteiger partial charge >= 0.3 is 0 Å². The number of rotatable bonds is 6. The Balaban J connectivity index is 2.00. The van der Waals surface area contributed by atoms with E-state index in [0.717, 1.165) is 31.4 Å². The Labute approximate surface area is 123 Å². The van der Waals surface area contributed by atoms with Crippen molar-refractivity contribution in [2.75, 3.05) is 33.3 Å². The molecule has 1 aromatic rings. The third-order valence-corrected chi connectivity index (χ3v) is 4.28. The molecular formula is C17H28N2O. The molecule has 2 unspecified atom stereocenters. The zero-order valence-electron chi connectivity index (χ0n) is 13.1. The van der Waals surface area contributed by atoms with Crippen molar-refractivity contribution in [1.82, 2.24) is 10.2 Å². The largest absolute Gasteiger partial charge is 0.494 e. The maximum Gasteiger partial charge on any atom is 0.124 e. The number of benzene rings is 1. The predicted octanol–water partition coefficient (Wildman–Crippen LogP) is 3.08. The number of para-hydroxylation sites is 1. The quantitative estimate of drug-likeness (QED) is 0.864. The molecular weight excluding hydrogens is 248 g/mol. The molecule has 112 valence electrons. The summed E-state index contributed by atoms with van der Waals surface area (Å²) in [7, 11) is 2.22. The van der Waals surface area contributed by atoms with E-state index in [2.05, 4.69) is 42.4 Å². The fourth-order valence-electron chi connectivity index (χ4n) is 3.00. The van der Waals surface area contributed by atoms with Crippen molar-refractivity contribution in [2.24, 2.45) is 5.92 Å². The second kappa shape index (κ2) is 7.65. The van der Waals surface area contributed by atoms with Crippen molar-refractivity contribution in [3.63, 3.8) is 0 Å². The van der Waals surface area contributed by atoms with Gasteiger partial charge in [0.1, 0.15) is 5.75 Å². The highest BCUT2D eigenvalue weighted by Crippen LogP contribution is 2.29. The van der Waals surface area contributed by atoms with Crippen LogP contribution in [0.3, 0.4) is 0 Å². The number of nitrogens with zero attached hydrogens (tertiary/aromatic N) is 1. The van der Waals surface area contributed by atoms with Crippen LogP contribution >= 0.6 is 0 Å². The Morgan fingerprint density at radius 3 is 2.90 bits per heavy atom. The van der Waals surface area contributed by atoms with Crippen LogP contribution in [0, 0.1) is 5.92 Å². The summed E-state index contributed by atoms with van der Waals surface area (Å²) in [4.78, 5) is 2.45. The van der Waals surface area contributed by atoms with E-state index in [0.29, 0.717) is 6.04 Å². The molecule has 20 heavy (non-hydrogen) atoms. The van der Waals surface area contributed by atoms with E-state index in [1.165, 1.54) is 24.9 Å². The van der Waals surface area contributed by atoms with Crippen molar-refractivity contribution < 1.29 is 4.74 Å². The average Bonchev–Trinajstić information content (AvgIpc) is 2.48. The summed E-state index contributed by atoms with van der Waals surface area (Å²) in [5.74, 6) is 1.80. The van der Waals surface area contributed by atoms with Gasteiger partial charge in [-0.05, 0) is 58.8 Å².